The number of hydrogen-bond donors (Lipinski definition) is 1. The molecule has 0 aliphatic heterocycles. The topological polar surface area (TPSA) is 46.5 Å². The lowest BCUT2D eigenvalue weighted by molar-refractivity contribution is -0.145. The molecule has 0 heterocycles. The number of rotatable bonds is 5. The molecule has 0 saturated carbocycles. The molecular weight excluding hydrogens is 321 g/mol. The lowest BCUT2D eigenvalue weighted by Gasteiger charge is -2.12. The molecule has 0 radical (unpaired) electrons. The van der Waals surface area contributed by atoms with E-state index in [1.165, 1.54) is 12.1 Å². The fourth-order valence-corrected chi connectivity index (χ4v) is 2.27. The van der Waals surface area contributed by atoms with Gasteiger partial charge in [-0.1, -0.05) is 30.3 Å². The number of aliphatic hydroxyl groups excluding tert-OH is 1. The summed E-state index contributed by atoms with van der Waals surface area (Å²) in [5.74, 6) is -0.509. The van der Waals surface area contributed by atoms with Crippen molar-refractivity contribution in [2.24, 2.45) is 0 Å². The Labute approximate surface area is 137 Å². The average molecular weight is 338 g/mol. The van der Waals surface area contributed by atoms with Crippen molar-refractivity contribution in [2.75, 3.05) is 6.61 Å². The van der Waals surface area contributed by atoms with Crippen LogP contribution in [0.3, 0.4) is 0 Å². The Kier molecular flexibility index (Phi) is 5.62. The zero-order valence-electron chi connectivity index (χ0n) is 13.0. The maximum absolute atomic E-state index is 12.6. The number of esters is 1. The highest BCUT2D eigenvalue weighted by Gasteiger charge is 2.30. The minimum absolute atomic E-state index is 0.176. The Hall–Kier alpha value is -2.34. The van der Waals surface area contributed by atoms with Crippen molar-refractivity contribution in [1.82, 2.24) is 0 Å². The zero-order chi connectivity index (χ0) is 17.7. The van der Waals surface area contributed by atoms with Gasteiger partial charge in [-0.2, -0.15) is 13.2 Å². The summed E-state index contributed by atoms with van der Waals surface area (Å²) in [5.41, 5.74) is 1.03. The van der Waals surface area contributed by atoms with Gasteiger partial charge in [-0.25, -0.2) is 0 Å². The van der Waals surface area contributed by atoms with E-state index >= 15 is 0 Å². The predicted molar refractivity (Wildman–Crippen MR) is 83.1 cm³/mol. The third-order valence-electron chi connectivity index (χ3n) is 3.48. The molecule has 1 N–H and O–H groups in total. The molecule has 0 spiro atoms. The van der Waals surface area contributed by atoms with Gasteiger partial charge in [0, 0.05) is 0 Å². The van der Waals surface area contributed by atoms with Gasteiger partial charge in [-0.3, -0.25) is 4.79 Å². The van der Waals surface area contributed by atoms with Gasteiger partial charge in [0.1, 0.15) is 0 Å². The van der Waals surface area contributed by atoms with Gasteiger partial charge in [0.2, 0.25) is 0 Å². The van der Waals surface area contributed by atoms with Crippen LogP contribution in [0.1, 0.15) is 30.6 Å². The van der Waals surface area contributed by atoms with Crippen molar-refractivity contribution in [3.05, 3.63) is 59.7 Å². The van der Waals surface area contributed by atoms with Crippen molar-refractivity contribution in [3.8, 4) is 11.1 Å². The molecule has 2 aromatic carbocycles. The fourth-order valence-electron chi connectivity index (χ4n) is 2.27. The quantitative estimate of drug-likeness (QED) is 0.824. The van der Waals surface area contributed by atoms with Crippen LogP contribution in [-0.4, -0.2) is 17.7 Å². The first-order valence-corrected chi connectivity index (χ1v) is 7.42. The van der Waals surface area contributed by atoms with E-state index in [4.69, 9.17) is 4.74 Å². The largest absolute Gasteiger partial charge is 0.466 e. The summed E-state index contributed by atoms with van der Waals surface area (Å²) in [5, 5.41) is 10.1. The number of ether oxygens (including phenoxy) is 1. The molecule has 3 nitrogen and oxygen atoms in total. The van der Waals surface area contributed by atoms with Gasteiger partial charge < -0.3 is 9.84 Å². The Bertz CT molecular complexity index is 693. The monoisotopic (exact) mass is 338 g/mol. The fraction of sp³-hybridized carbons (Fsp3) is 0.278. The third kappa shape index (κ3) is 4.58. The van der Waals surface area contributed by atoms with Crippen LogP contribution in [0.15, 0.2) is 48.5 Å². The molecule has 128 valence electrons. The maximum atomic E-state index is 12.6. The Morgan fingerprint density at radius 3 is 2.38 bits per heavy atom. The smallest absolute Gasteiger partial charge is 0.416 e. The predicted octanol–water partition coefficient (Wildman–Crippen LogP) is 4.36. The number of halogens is 3. The molecule has 0 bridgehead atoms. The minimum Gasteiger partial charge on any atom is -0.466 e. The third-order valence-corrected chi connectivity index (χ3v) is 3.48. The van der Waals surface area contributed by atoms with Crippen LogP contribution >= 0.6 is 0 Å². The minimum atomic E-state index is -4.38. The Morgan fingerprint density at radius 2 is 1.79 bits per heavy atom. The average Bonchev–Trinajstić information content (AvgIpc) is 2.54. The molecule has 2 rings (SSSR count). The van der Waals surface area contributed by atoms with Crippen LogP contribution in [-0.2, 0) is 15.7 Å². The molecule has 1 unspecified atom stereocenters. The molecule has 0 fully saturated rings. The van der Waals surface area contributed by atoms with Crippen molar-refractivity contribution in [2.45, 2.75) is 25.6 Å². The molecule has 2 aromatic rings. The Morgan fingerprint density at radius 1 is 1.12 bits per heavy atom. The second-order valence-corrected chi connectivity index (χ2v) is 5.23. The van der Waals surface area contributed by atoms with E-state index in [9.17, 15) is 23.1 Å². The number of aliphatic hydroxyl groups is 1. The van der Waals surface area contributed by atoms with Gasteiger partial charge in [-0.15, -0.1) is 0 Å². The first kappa shape index (κ1) is 18.0. The van der Waals surface area contributed by atoms with E-state index < -0.39 is 23.8 Å². The van der Waals surface area contributed by atoms with Crippen LogP contribution in [0.25, 0.3) is 11.1 Å². The summed E-state index contributed by atoms with van der Waals surface area (Å²) < 4.78 is 42.6. The SMILES string of the molecule is CCOC(=O)CC(O)c1cccc(-c2ccc(C(F)(F)F)cc2)c1. The molecule has 0 saturated heterocycles. The van der Waals surface area contributed by atoms with E-state index in [0.29, 0.717) is 16.7 Å². The summed E-state index contributed by atoms with van der Waals surface area (Å²) in [7, 11) is 0. The van der Waals surface area contributed by atoms with Gasteiger partial charge in [0.25, 0.3) is 0 Å². The van der Waals surface area contributed by atoms with E-state index in [1.807, 2.05) is 0 Å². The van der Waals surface area contributed by atoms with Crippen LogP contribution in [0.4, 0.5) is 13.2 Å². The highest BCUT2D eigenvalue weighted by Crippen LogP contribution is 2.31. The molecule has 24 heavy (non-hydrogen) atoms. The number of carbonyl (C=O) groups is 1. The van der Waals surface area contributed by atoms with Crippen molar-refractivity contribution < 1.29 is 27.8 Å². The van der Waals surface area contributed by atoms with Crippen molar-refractivity contribution in [1.29, 1.82) is 0 Å². The van der Waals surface area contributed by atoms with Crippen LogP contribution in [0.5, 0.6) is 0 Å². The molecule has 1 atom stereocenters. The van der Waals surface area contributed by atoms with Crippen LogP contribution < -0.4 is 0 Å². The van der Waals surface area contributed by atoms with Gasteiger partial charge in [-0.05, 0) is 41.8 Å². The summed E-state index contributed by atoms with van der Waals surface area (Å²) in [6, 6.07) is 11.5. The number of alkyl halides is 3. The summed E-state index contributed by atoms with van der Waals surface area (Å²) in [6.07, 6.45) is -5.58. The first-order chi connectivity index (χ1) is 11.3. The van der Waals surface area contributed by atoms with Gasteiger partial charge >= 0.3 is 12.1 Å². The second kappa shape index (κ2) is 7.49. The highest BCUT2D eigenvalue weighted by atomic mass is 19.4. The lowest BCUT2D eigenvalue weighted by atomic mass is 9.98. The van der Waals surface area contributed by atoms with Crippen LogP contribution in [0.2, 0.25) is 0 Å². The zero-order valence-corrected chi connectivity index (χ0v) is 13.0. The maximum Gasteiger partial charge on any atom is 0.416 e. The van der Waals surface area contributed by atoms with E-state index in [2.05, 4.69) is 0 Å². The summed E-state index contributed by atoms with van der Waals surface area (Å²) in [6.45, 7) is 1.91. The van der Waals surface area contributed by atoms with Gasteiger partial charge in [0.05, 0.1) is 24.7 Å². The summed E-state index contributed by atoms with van der Waals surface area (Å²) >= 11 is 0. The molecule has 0 aromatic heterocycles. The van der Waals surface area contributed by atoms with E-state index in [0.717, 1.165) is 12.1 Å². The standard InChI is InChI=1S/C18H17F3O3/c1-2-24-17(23)11-16(22)14-5-3-4-13(10-14)12-6-8-15(9-7-12)18(19,20)21/h3-10,16,22H,2,11H2,1H3. The Balaban J connectivity index is 2.19. The van der Waals surface area contributed by atoms with E-state index in [-0.39, 0.29) is 13.0 Å². The molecule has 0 aliphatic rings. The second-order valence-electron chi connectivity index (χ2n) is 5.23. The summed E-state index contributed by atoms with van der Waals surface area (Å²) in [4.78, 5) is 11.4. The first-order valence-electron chi connectivity index (χ1n) is 7.42. The molecular formula is C18H17F3O3. The van der Waals surface area contributed by atoms with Crippen molar-refractivity contribution >= 4 is 5.97 Å². The lowest BCUT2D eigenvalue weighted by Crippen LogP contribution is -2.10. The molecule has 0 amide bonds. The molecule has 6 heteroatoms. The van der Waals surface area contributed by atoms with E-state index in [1.54, 1.807) is 31.2 Å². The van der Waals surface area contributed by atoms with Crippen molar-refractivity contribution in [3.63, 3.8) is 0 Å². The van der Waals surface area contributed by atoms with Gasteiger partial charge in [0.15, 0.2) is 0 Å². The molecule has 0 aliphatic carbocycles. The number of hydrogen-bond acceptors (Lipinski definition) is 3. The van der Waals surface area contributed by atoms with Crippen LogP contribution in [0, 0.1) is 0 Å². The number of benzene rings is 2. The normalized spacial score (nSPS) is 12.7. The highest BCUT2D eigenvalue weighted by molar-refractivity contribution is 5.70. The number of carbonyl (C=O) groups excluding carboxylic acids is 1.